The minimum atomic E-state index is -4.82. The zero-order valence-electron chi connectivity index (χ0n) is 13.0. The molecule has 0 saturated carbocycles. The van der Waals surface area contributed by atoms with Crippen molar-refractivity contribution in [2.24, 2.45) is 0 Å². The van der Waals surface area contributed by atoms with Gasteiger partial charge in [-0.2, -0.15) is 0 Å². The molecule has 1 nitrogen and oxygen atoms in total. The Kier molecular flexibility index (Phi) is 9.40. The van der Waals surface area contributed by atoms with E-state index in [4.69, 9.17) is 113 Å². The van der Waals surface area contributed by atoms with Crippen molar-refractivity contribution in [2.45, 2.75) is 0 Å². The van der Waals surface area contributed by atoms with Gasteiger partial charge in [0.05, 0.1) is 0 Å². The molecule has 0 spiro atoms. The van der Waals surface area contributed by atoms with Crippen LogP contribution in [0.25, 0.3) is 0 Å². The van der Waals surface area contributed by atoms with E-state index in [-0.39, 0.29) is 0 Å². The Morgan fingerprint density at radius 2 is 1.00 bits per heavy atom. The molecule has 2 rings (SSSR count). The summed E-state index contributed by atoms with van der Waals surface area (Å²) in [5, 5.41) is -2.31. The van der Waals surface area contributed by atoms with E-state index < -0.39 is 7.38 Å². The van der Waals surface area contributed by atoms with Crippen LogP contribution < -0.4 is 4.90 Å². The molecule has 0 heterocycles. The van der Waals surface area contributed by atoms with Gasteiger partial charge in [0.15, 0.2) is 5.16 Å². The average Bonchev–Trinajstić information content (AvgIpc) is 2.44. The molecule has 0 unspecified atom stereocenters. The van der Waals surface area contributed by atoms with Gasteiger partial charge in [-0.3, -0.25) is 4.90 Å². The van der Waals surface area contributed by atoms with Crippen LogP contribution in [-0.2, 0) is 0 Å². The van der Waals surface area contributed by atoms with Gasteiger partial charge in [-0.05, 0) is 24.3 Å². The molecule has 152 valence electrons. The molecule has 0 atom stereocenters. The summed E-state index contributed by atoms with van der Waals surface area (Å²) in [6, 6.07) is 19.4. The summed E-state index contributed by atoms with van der Waals surface area (Å²) >= 11 is 54.1. The summed E-state index contributed by atoms with van der Waals surface area (Å²) < 4.78 is -4.82. The topological polar surface area (TPSA) is 3.24 Å². The molecule has 0 aliphatic rings. The van der Waals surface area contributed by atoms with Crippen LogP contribution in [0.5, 0.6) is 0 Å². The fraction of sp³-hybridized carbons (Fsp3) is 0. The molecule has 2 aromatic carbocycles. The van der Waals surface area contributed by atoms with E-state index in [0.29, 0.717) is 5.16 Å². The van der Waals surface area contributed by atoms with Gasteiger partial charge in [-0.1, -0.05) is 48.0 Å². The fourth-order valence-electron chi connectivity index (χ4n) is 1.73. The number of hydrogen-bond acceptors (Lipinski definition) is 1. The molecular formula is C14H11Cl10NP2. The van der Waals surface area contributed by atoms with E-state index in [9.17, 15) is 0 Å². The molecule has 0 bridgehead atoms. The predicted molar refractivity (Wildman–Crippen MR) is 135 cm³/mol. The molecule has 0 amide bonds. The van der Waals surface area contributed by atoms with Crippen molar-refractivity contribution in [1.29, 1.82) is 0 Å². The van der Waals surface area contributed by atoms with Crippen molar-refractivity contribution in [1.82, 2.24) is 0 Å². The normalized spacial score (nSPS) is 15.1. The SMILES string of the molecule is Cl/C(=C/[P+](Cl)(Cl)Cl)N(c1ccccc1)c1ccccc1.Cl[P-](Cl)(Cl)(Cl)(Cl)Cl. The predicted octanol–water partition coefficient (Wildman–Crippen LogP) is 12.3. The first-order chi connectivity index (χ1) is 11.9. The summed E-state index contributed by atoms with van der Waals surface area (Å²) in [6.07, 6.45) is 0. The number of para-hydroxylation sites is 2. The number of anilines is 2. The van der Waals surface area contributed by atoms with Crippen LogP contribution in [0.15, 0.2) is 71.6 Å². The molecule has 0 aliphatic heterocycles. The minimum absolute atomic E-state index is 0.371. The maximum absolute atomic E-state index is 6.36. The van der Waals surface area contributed by atoms with E-state index >= 15 is 0 Å². The van der Waals surface area contributed by atoms with Crippen LogP contribution in [0, 0.1) is 0 Å². The summed E-state index contributed by atoms with van der Waals surface area (Å²) in [4.78, 5) is 1.84. The van der Waals surface area contributed by atoms with Crippen molar-refractivity contribution in [3.63, 3.8) is 0 Å². The number of halogens is 10. The van der Waals surface area contributed by atoms with Crippen molar-refractivity contribution < 1.29 is 0 Å². The average molecular weight is 610 g/mol. The molecule has 0 aromatic heterocycles. The Labute approximate surface area is 206 Å². The zero-order valence-corrected chi connectivity index (χ0v) is 22.3. The second kappa shape index (κ2) is 9.48. The molecule has 2 aromatic rings. The van der Waals surface area contributed by atoms with Gasteiger partial charge in [-0.15, -0.1) is 0 Å². The molecule has 13 heteroatoms. The molecule has 0 radical (unpaired) electrons. The number of hydrogen-bond donors (Lipinski definition) is 0. The molecule has 0 aliphatic carbocycles. The molecule has 27 heavy (non-hydrogen) atoms. The number of nitrogens with zero attached hydrogens (tertiary/aromatic N) is 1. The Bertz CT molecular complexity index is 720. The first kappa shape index (κ1) is 26.8. The Morgan fingerprint density at radius 1 is 0.704 bits per heavy atom. The van der Waals surface area contributed by atoms with Gasteiger partial charge in [0.1, 0.15) is 39.5 Å². The number of benzene rings is 2. The second-order valence-electron chi connectivity index (χ2n) is 4.90. The fourth-order valence-corrected chi connectivity index (χ4v) is 4.00. The van der Waals surface area contributed by atoms with E-state index in [0.717, 1.165) is 11.4 Å². The van der Waals surface area contributed by atoms with Crippen LogP contribution in [0.3, 0.4) is 0 Å². The van der Waals surface area contributed by atoms with Crippen LogP contribution >= 0.6 is 120 Å². The van der Waals surface area contributed by atoms with Gasteiger partial charge >= 0.3 is 74.8 Å². The van der Waals surface area contributed by atoms with Crippen LogP contribution in [0.1, 0.15) is 0 Å². The monoisotopic (exact) mass is 605 g/mol. The van der Waals surface area contributed by atoms with Gasteiger partial charge in [0, 0.05) is 11.4 Å². The molecule has 0 N–H and O–H groups in total. The van der Waals surface area contributed by atoms with Gasteiger partial charge in [0.25, 0.3) is 0 Å². The first-order valence-electron chi connectivity index (χ1n) is 6.75. The van der Waals surface area contributed by atoms with Gasteiger partial charge < -0.3 is 0 Å². The number of rotatable bonds is 4. The third-order valence-corrected chi connectivity index (χ3v) is 4.34. The zero-order chi connectivity index (χ0) is 21.0. The van der Waals surface area contributed by atoms with Gasteiger partial charge in [0.2, 0.25) is 0 Å². The van der Waals surface area contributed by atoms with E-state index in [1.165, 1.54) is 5.82 Å². The van der Waals surface area contributed by atoms with E-state index in [1.54, 1.807) is 0 Å². The van der Waals surface area contributed by atoms with Crippen LogP contribution in [0.2, 0.25) is 0 Å². The van der Waals surface area contributed by atoms with Crippen molar-refractivity contribution >= 4 is 132 Å². The quantitative estimate of drug-likeness (QED) is 0.246. The Hall–Kier alpha value is 1.74. The van der Waals surface area contributed by atoms with Gasteiger partial charge in [-0.25, -0.2) is 0 Å². The third-order valence-electron chi connectivity index (χ3n) is 2.50. The van der Waals surface area contributed by atoms with Crippen molar-refractivity contribution in [3.8, 4) is 0 Å². The molecule has 0 saturated heterocycles. The maximum atomic E-state index is 6.36. The second-order valence-corrected chi connectivity index (χ2v) is 37.8. The molecule has 0 fully saturated rings. The van der Waals surface area contributed by atoms with E-state index in [2.05, 4.69) is 0 Å². The summed E-state index contributed by atoms with van der Waals surface area (Å²) in [7, 11) is 0. The van der Waals surface area contributed by atoms with Crippen LogP contribution in [0.4, 0.5) is 11.4 Å². The summed E-state index contributed by atoms with van der Waals surface area (Å²) in [5.74, 6) is 1.49. The third kappa shape index (κ3) is 15.2. The van der Waals surface area contributed by atoms with Crippen LogP contribution in [-0.4, -0.2) is 0 Å². The Morgan fingerprint density at radius 3 is 1.26 bits per heavy atom. The first-order valence-corrected chi connectivity index (χ1v) is 19.8. The molecular weight excluding hydrogens is 599 g/mol. The van der Waals surface area contributed by atoms with E-state index in [1.807, 2.05) is 65.6 Å². The summed E-state index contributed by atoms with van der Waals surface area (Å²) in [6.45, 7) is 0. The summed E-state index contributed by atoms with van der Waals surface area (Å²) in [5.41, 5.74) is 1.80. The van der Waals surface area contributed by atoms with Crippen molar-refractivity contribution in [2.75, 3.05) is 4.90 Å². The van der Waals surface area contributed by atoms with Crippen molar-refractivity contribution in [3.05, 3.63) is 71.6 Å². The standard InChI is InChI=1S/C14H11Cl4NP.Cl6P/c15-14(11-20(16,17)18)19(12-7-3-1-4-8-12)13-9-5-2-6-10-13;1-7(2,3,4,5)6/h1-11H;/q+1;-1/b14-11-;. The Balaban J connectivity index is 0.000000445.